The van der Waals surface area contributed by atoms with Crippen LogP contribution in [0.5, 0.6) is 5.88 Å². The van der Waals surface area contributed by atoms with Crippen molar-refractivity contribution in [2.75, 3.05) is 5.32 Å². The number of unbranched alkanes of at least 4 members (excludes halogenated alkanes) is 1. The van der Waals surface area contributed by atoms with E-state index in [4.69, 9.17) is 0 Å². The molecule has 1 unspecified atom stereocenters. The van der Waals surface area contributed by atoms with Crippen molar-refractivity contribution in [3.05, 3.63) is 59.2 Å². The zero-order valence-electron chi connectivity index (χ0n) is 17.8. The quantitative estimate of drug-likeness (QED) is 0.478. The van der Waals surface area contributed by atoms with Gasteiger partial charge in [0.2, 0.25) is 11.8 Å². The number of carbonyl (C=O) groups is 1. The molecule has 3 aromatic heterocycles. The molecule has 0 aliphatic carbocycles. The van der Waals surface area contributed by atoms with Crippen LogP contribution in [0.4, 0.5) is 14.6 Å². The summed E-state index contributed by atoms with van der Waals surface area (Å²) in [5, 5.41) is 17.6. The zero-order valence-corrected chi connectivity index (χ0v) is 17.8. The fraction of sp³-hybridized carbons (Fsp3) is 0.273. The van der Waals surface area contributed by atoms with Crippen LogP contribution in [0.1, 0.15) is 43.5 Å². The fourth-order valence-electron chi connectivity index (χ4n) is 4.05. The van der Waals surface area contributed by atoms with Crippen molar-refractivity contribution in [2.24, 2.45) is 0 Å². The fourth-order valence-corrected chi connectivity index (χ4v) is 4.05. The van der Waals surface area contributed by atoms with Crippen LogP contribution < -0.4 is 5.32 Å². The number of carbonyl (C=O) groups excluding carboxylic acids is 1. The summed E-state index contributed by atoms with van der Waals surface area (Å²) >= 11 is 0. The third-order valence-corrected chi connectivity index (χ3v) is 5.90. The number of aryl methyl sites for hydroxylation is 1. The number of rotatable bonds is 5. The van der Waals surface area contributed by atoms with Crippen LogP contribution in [-0.2, 0) is 16.6 Å². The van der Waals surface area contributed by atoms with Crippen molar-refractivity contribution >= 4 is 17.4 Å². The zero-order chi connectivity index (χ0) is 23.3. The Bertz CT molecular complexity index is 1420. The van der Waals surface area contributed by atoms with E-state index in [0.717, 1.165) is 25.0 Å². The van der Waals surface area contributed by atoms with Crippen molar-refractivity contribution in [3.8, 4) is 17.4 Å². The first kappa shape index (κ1) is 20.9. The number of fused-ring (bicyclic) bond motifs is 2. The van der Waals surface area contributed by atoms with E-state index < -0.39 is 28.8 Å². The molecule has 168 valence electrons. The molecule has 1 atom stereocenters. The Hall–Kier alpha value is -4.02. The lowest BCUT2D eigenvalue weighted by Crippen LogP contribution is -2.32. The molecule has 1 aliphatic heterocycles. The Morgan fingerprint density at radius 1 is 1.18 bits per heavy atom. The highest BCUT2D eigenvalue weighted by Gasteiger charge is 2.48. The lowest BCUT2D eigenvalue weighted by Gasteiger charge is -2.23. The molecule has 33 heavy (non-hydrogen) atoms. The van der Waals surface area contributed by atoms with Crippen LogP contribution >= 0.6 is 0 Å². The first-order chi connectivity index (χ1) is 15.8. The standard InChI is InChI=1S/C22H19F2N7O2/c1-3-4-5-14-19-25-10-26-31(19)9-15(27-14)17-28-18-16(20(32)29-17)22(2,21(33)30-18)11-6-7-12(23)13(24)8-11/h6-10H,3-5H2,1-2H3,(H2,28,29,30,32,33). The number of halogens is 2. The van der Waals surface area contributed by atoms with Gasteiger partial charge in [0.05, 0.1) is 17.5 Å². The summed E-state index contributed by atoms with van der Waals surface area (Å²) in [7, 11) is 0. The molecule has 9 nitrogen and oxygen atoms in total. The molecule has 0 saturated heterocycles. The Balaban J connectivity index is 1.64. The van der Waals surface area contributed by atoms with Gasteiger partial charge >= 0.3 is 0 Å². The van der Waals surface area contributed by atoms with E-state index in [1.165, 1.54) is 19.3 Å². The van der Waals surface area contributed by atoms with Crippen LogP contribution in [0.3, 0.4) is 0 Å². The van der Waals surface area contributed by atoms with E-state index in [1.54, 1.807) is 10.7 Å². The molecule has 4 heterocycles. The maximum absolute atomic E-state index is 13.9. The summed E-state index contributed by atoms with van der Waals surface area (Å²) in [5.41, 5.74) is 0.404. The molecule has 0 fully saturated rings. The number of benzene rings is 1. The minimum atomic E-state index is -1.51. The molecule has 0 radical (unpaired) electrons. The highest BCUT2D eigenvalue weighted by Crippen LogP contribution is 2.46. The predicted octanol–water partition coefficient (Wildman–Crippen LogP) is 3.17. The summed E-state index contributed by atoms with van der Waals surface area (Å²) in [6, 6.07) is 3.15. The smallest absolute Gasteiger partial charge is 0.240 e. The minimum absolute atomic E-state index is 0.0744. The molecule has 2 N–H and O–H groups in total. The Morgan fingerprint density at radius 3 is 2.76 bits per heavy atom. The van der Waals surface area contributed by atoms with Crippen LogP contribution in [0.15, 0.2) is 30.7 Å². The second-order valence-corrected chi connectivity index (χ2v) is 8.01. The van der Waals surface area contributed by atoms with E-state index in [9.17, 15) is 18.7 Å². The van der Waals surface area contributed by atoms with Gasteiger partial charge in [0.25, 0.3) is 0 Å². The third kappa shape index (κ3) is 3.19. The summed E-state index contributed by atoms with van der Waals surface area (Å²) < 4.78 is 28.9. The third-order valence-electron chi connectivity index (χ3n) is 5.90. The largest absolute Gasteiger partial charge is 0.493 e. The maximum atomic E-state index is 13.9. The lowest BCUT2D eigenvalue weighted by atomic mass is 9.78. The molecule has 1 amide bonds. The van der Waals surface area contributed by atoms with Crippen molar-refractivity contribution in [1.82, 2.24) is 29.5 Å². The van der Waals surface area contributed by atoms with Gasteiger partial charge in [-0.2, -0.15) is 10.1 Å². The summed E-state index contributed by atoms with van der Waals surface area (Å²) in [4.78, 5) is 30.4. The molecular formula is C22H19F2N7O2. The molecule has 5 rings (SSSR count). The minimum Gasteiger partial charge on any atom is -0.493 e. The molecule has 1 aliphatic rings. The number of aromatic hydroxyl groups is 1. The van der Waals surface area contributed by atoms with Gasteiger partial charge in [-0.3, -0.25) is 4.79 Å². The van der Waals surface area contributed by atoms with E-state index in [1.807, 2.05) is 0 Å². The normalized spacial score (nSPS) is 17.4. The highest BCUT2D eigenvalue weighted by atomic mass is 19.2. The number of hydrogen-bond acceptors (Lipinski definition) is 7. The number of amides is 1. The number of nitrogens with zero attached hydrogens (tertiary/aromatic N) is 6. The summed E-state index contributed by atoms with van der Waals surface area (Å²) in [6.07, 6.45) is 5.55. The van der Waals surface area contributed by atoms with Gasteiger partial charge in [0.1, 0.15) is 23.3 Å². The molecule has 11 heteroatoms. The number of aromatic nitrogens is 6. The average Bonchev–Trinajstić information content (AvgIpc) is 3.37. The topological polar surface area (TPSA) is 118 Å². The molecule has 1 aromatic carbocycles. The number of anilines is 1. The number of hydrogen-bond donors (Lipinski definition) is 2. The second-order valence-electron chi connectivity index (χ2n) is 8.01. The highest BCUT2D eigenvalue weighted by molar-refractivity contribution is 6.08. The van der Waals surface area contributed by atoms with E-state index in [-0.39, 0.29) is 22.8 Å². The van der Waals surface area contributed by atoms with Gasteiger partial charge in [-0.1, -0.05) is 19.4 Å². The Kier molecular flexibility index (Phi) is 4.76. The predicted molar refractivity (Wildman–Crippen MR) is 114 cm³/mol. The molecule has 0 bridgehead atoms. The molecule has 0 saturated carbocycles. The lowest BCUT2D eigenvalue weighted by molar-refractivity contribution is -0.119. The van der Waals surface area contributed by atoms with Gasteiger partial charge in [0.15, 0.2) is 23.1 Å². The van der Waals surface area contributed by atoms with Crippen LogP contribution in [0.2, 0.25) is 0 Å². The van der Waals surface area contributed by atoms with Crippen LogP contribution in [0.25, 0.3) is 17.2 Å². The van der Waals surface area contributed by atoms with Gasteiger partial charge < -0.3 is 10.4 Å². The first-order valence-electron chi connectivity index (χ1n) is 10.4. The van der Waals surface area contributed by atoms with Gasteiger partial charge in [0, 0.05) is 0 Å². The van der Waals surface area contributed by atoms with Crippen molar-refractivity contribution in [2.45, 2.75) is 38.5 Å². The van der Waals surface area contributed by atoms with E-state index in [0.29, 0.717) is 23.5 Å². The van der Waals surface area contributed by atoms with Crippen molar-refractivity contribution in [1.29, 1.82) is 0 Å². The molecule has 0 spiro atoms. The average molecular weight is 451 g/mol. The van der Waals surface area contributed by atoms with E-state index in [2.05, 4.69) is 37.3 Å². The molecular weight excluding hydrogens is 432 g/mol. The van der Waals surface area contributed by atoms with Crippen molar-refractivity contribution < 1.29 is 18.7 Å². The Morgan fingerprint density at radius 2 is 2.00 bits per heavy atom. The molecule has 4 aromatic rings. The second kappa shape index (κ2) is 7.54. The van der Waals surface area contributed by atoms with E-state index >= 15 is 0 Å². The first-order valence-corrected chi connectivity index (χ1v) is 10.4. The SMILES string of the molecule is CCCCc1nc(-c2nc(O)c3c(n2)NC(=O)C3(C)c2ccc(F)c(F)c2)cn2ncnc12. The summed E-state index contributed by atoms with van der Waals surface area (Å²) in [6.45, 7) is 3.56. The monoisotopic (exact) mass is 451 g/mol. The van der Waals surface area contributed by atoms with Gasteiger partial charge in [-0.05, 0) is 37.5 Å². The van der Waals surface area contributed by atoms with Gasteiger partial charge in [-0.25, -0.2) is 28.2 Å². The summed E-state index contributed by atoms with van der Waals surface area (Å²) in [5.74, 6) is -2.99. The van der Waals surface area contributed by atoms with Gasteiger partial charge in [-0.15, -0.1) is 0 Å². The maximum Gasteiger partial charge on any atom is 0.240 e. The van der Waals surface area contributed by atoms with Crippen molar-refractivity contribution in [3.63, 3.8) is 0 Å². The Labute approximate surface area is 186 Å². The van der Waals surface area contributed by atoms with Crippen LogP contribution in [-0.4, -0.2) is 40.6 Å². The van der Waals surface area contributed by atoms with Crippen LogP contribution in [0, 0.1) is 11.6 Å². The number of nitrogens with one attached hydrogen (secondary N) is 1.